The van der Waals surface area contributed by atoms with E-state index in [-0.39, 0.29) is 12.4 Å². The highest BCUT2D eigenvalue weighted by molar-refractivity contribution is 5.85. The predicted molar refractivity (Wildman–Crippen MR) is 47.8 cm³/mol. The summed E-state index contributed by atoms with van der Waals surface area (Å²) < 4.78 is 0. The standard InChI is InChI=1S/C7H11N3.ClH/c1-5(2)7-6(8)3-9-4-10-7;/h3-5H,8H2,1-2H3;1H. The number of anilines is 1. The molecule has 1 aromatic rings. The Morgan fingerprint density at radius 1 is 1.45 bits per heavy atom. The molecule has 0 fully saturated rings. The summed E-state index contributed by atoms with van der Waals surface area (Å²) in [5.41, 5.74) is 7.20. The number of halogens is 1. The summed E-state index contributed by atoms with van der Waals surface area (Å²) in [6.07, 6.45) is 3.15. The molecule has 62 valence electrons. The second kappa shape index (κ2) is 4.13. The fraction of sp³-hybridized carbons (Fsp3) is 0.429. The van der Waals surface area contributed by atoms with Gasteiger partial charge in [0.25, 0.3) is 0 Å². The van der Waals surface area contributed by atoms with Crippen molar-refractivity contribution in [2.75, 3.05) is 5.73 Å². The third-order valence-electron chi connectivity index (χ3n) is 1.32. The van der Waals surface area contributed by atoms with Crippen LogP contribution in [0.2, 0.25) is 0 Å². The normalized spacial score (nSPS) is 9.36. The first-order valence-electron chi connectivity index (χ1n) is 3.27. The minimum Gasteiger partial charge on any atom is -0.396 e. The molecule has 0 saturated carbocycles. The molecule has 0 atom stereocenters. The lowest BCUT2D eigenvalue weighted by Gasteiger charge is -2.04. The summed E-state index contributed by atoms with van der Waals surface area (Å²) in [6, 6.07) is 0. The summed E-state index contributed by atoms with van der Waals surface area (Å²) in [5.74, 6) is 0.378. The third-order valence-corrected chi connectivity index (χ3v) is 1.32. The Hall–Kier alpha value is -0.830. The van der Waals surface area contributed by atoms with E-state index in [2.05, 4.69) is 23.8 Å². The number of nitrogens with two attached hydrogens (primary N) is 1. The molecule has 1 rings (SSSR count). The lowest BCUT2D eigenvalue weighted by Crippen LogP contribution is -1.99. The quantitative estimate of drug-likeness (QED) is 0.702. The lowest BCUT2D eigenvalue weighted by molar-refractivity contribution is 0.818. The van der Waals surface area contributed by atoms with Crippen LogP contribution in [0.3, 0.4) is 0 Å². The van der Waals surface area contributed by atoms with Gasteiger partial charge in [0.15, 0.2) is 0 Å². The number of hydrogen-bond acceptors (Lipinski definition) is 3. The summed E-state index contributed by atoms with van der Waals surface area (Å²) in [5, 5.41) is 0. The van der Waals surface area contributed by atoms with Gasteiger partial charge >= 0.3 is 0 Å². The summed E-state index contributed by atoms with van der Waals surface area (Å²) in [4.78, 5) is 7.83. The zero-order chi connectivity index (χ0) is 7.56. The highest BCUT2D eigenvalue weighted by atomic mass is 35.5. The number of nitrogens with zero attached hydrogens (tertiary/aromatic N) is 2. The van der Waals surface area contributed by atoms with E-state index in [0.717, 1.165) is 5.69 Å². The number of nitrogen functional groups attached to an aromatic ring is 1. The Morgan fingerprint density at radius 3 is 2.45 bits per heavy atom. The summed E-state index contributed by atoms with van der Waals surface area (Å²) >= 11 is 0. The molecular formula is C7H12ClN3. The molecule has 1 aromatic heterocycles. The van der Waals surface area contributed by atoms with Crippen molar-refractivity contribution < 1.29 is 0 Å². The Morgan fingerprint density at radius 2 is 2.09 bits per heavy atom. The van der Waals surface area contributed by atoms with Crippen molar-refractivity contribution in [2.24, 2.45) is 0 Å². The molecule has 11 heavy (non-hydrogen) atoms. The fourth-order valence-corrected chi connectivity index (χ4v) is 0.832. The molecule has 0 aromatic carbocycles. The van der Waals surface area contributed by atoms with Crippen LogP contribution in [-0.4, -0.2) is 9.97 Å². The van der Waals surface area contributed by atoms with Gasteiger partial charge < -0.3 is 5.73 Å². The maximum Gasteiger partial charge on any atom is 0.115 e. The van der Waals surface area contributed by atoms with Gasteiger partial charge in [-0.1, -0.05) is 13.8 Å². The predicted octanol–water partition coefficient (Wildman–Crippen LogP) is 1.60. The molecule has 0 bridgehead atoms. The van der Waals surface area contributed by atoms with E-state index in [9.17, 15) is 0 Å². The van der Waals surface area contributed by atoms with E-state index < -0.39 is 0 Å². The van der Waals surface area contributed by atoms with Gasteiger partial charge in [0.2, 0.25) is 0 Å². The van der Waals surface area contributed by atoms with Gasteiger partial charge in [-0.25, -0.2) is 9.97 Å². The van der Waals surface area contributed by atoms with Crippen molar-refractivity contribution in [1.29, 1.82) is 0 Å². The van der Waals surface area contributed by atoms with E-state index >= 15 is 0 Å². The van der Waals surface area contributed by atoms with Crippen molar-refractivity contribution in [3.63, 3.8) is 0 Å². The van der Waals surface area contributed by atoms with E-state index in [1.54, 1.807) is 6.20 Å². The van der Waals surface area contributed by atoms with Crippen molar-refractivity contribution in [3.8, 4) is 0 Å². The molecule has 1 heterocycles. The molecule has 3 nitrogen and oxygen atoms in total. The highest BCUT2D eigenvalue weighted by Crippen LogP contribution is 2.15. The Balaban J connectivity index is 0.000001000. The maximum absolute atomic E-state index is 5.60. The SMILES string of the molecule is CC(C)c1ncncc1N.Cl. The highest BCUT2D eigenvalue weighted by Gasteiger charge is 2.03. The van der Waals surface area contributed by atoms with Crippen LogP contribution in [0.1, 0.15) is 25.5 Å². The van der Waals surface area contributed by atoms with Crippen LogP contribution in [0.25, 0.3) is 0 Å². The second-order valence-electron chi connectivity index (χ2n) is 2.52. The van der Waals surface area contributed by atoms with Gasteiger partial charge in [0.05, 0.1) is 17.6 Å². The molecule has 0 aliphatic heterocycles. The molecule has 2 N–H and O–H groups in total. The number of rotatable bonds is 1. The average Bonchev–Trinajstić information content (AvgIpc) is 1.88. The monoisotopic (exact) mass is 173 g/mol. The molecule has 0 aliphatic rings. The molecule has 0 unspecified atom stereocenters. The first kappa shape index (κ1) is 10.2. The molecule has 0 amide bonds. The number of aromatic nitrogens is 2. The van der Waals surface area contributed by atoms with E-state index in [4.69, 9.17) is 5.73 Å². The van der Waals surface area contributed by atoms with Crippen molar-refractivity contribution >= 4 is 18.1 Å². The van der Waals surface area contributed by atoms with Gasteiger partial charge in [-0.05, 0) is 5.92 Å². The van der Waals surface area contributed by atoms with Crippen LogP contribution < -0.4 is 5.73 Å². The Kier molecular flexibility index (Phi) is 3.82. The Labute approximate surface area is 72.5 Å². The fourth-order valence-electron chi connectivity index (χ4n) is 0.832. The third kappa shape index (κ3) is 2.35. The minimum atomic E-state index is 0. The minimum absolute atomic E-state index is 0. The van der Waals surface area contributed by atoms with E-state index in [1.807, 2.05) is 0 Å². The number of hydrogen-bond donors (Lipinski definition) is 1. The van der Waals surface area contributed by atoms with Crippen molar-refractivity contribution in [2.45, 2.75) is 19.8 Å². The zero-order valence-corrected chi connectivity index (χ0v) is 7.43. The average molecular weight is 174 g/mol. The van der Waals surface area contributed by atoms with Gasteiger partial charge in [0.1, 0.15) is 6.33 Å². The largest absolute Gasteiger partial charge is 0.396 e. The van der Waals surface area contributed by atoms with Crippen LogP contribution in [0.4, 0.5) is 5.69 Å². The topological polar surface area (TPSA) is 51.8 Å². The lowest BCUT2D eigenvalue weighted by atomic mass is 10.1. The van der Waals surface area contributed by atoms with Crippen LogP contribution in [-0.2, 0) is 0 Å². The van der Waals surface area contributed by atoms with E-state index in [0.29, 0.717) is 11.6 Å². The first-order valence-corrected chi connectivity index (χ1v) is 3.27. The van der Waals surface area contributed by atoms with Crippen LogP contribution in [0.15, 0.2) is 12.5 Å². The molecule has 0 saturated heterocycles. The van der Waals surface area contributed by atoms with Gasteiger partial charge in [-0.3, -0.25) is 0 Å². The van der Waals surface area contributed by atoms with Crippen LogP contribution in [0.5, 0.6) is 0 Å². The molecular weight excluding hydrogens is 162 g/mol. The summed E-state index contributed by atoms with van der Waals surface area (Å²) in [6.45, 7) is 4.11. The Bertz CT molecular complexity index is 225. The summed E-state index contributed by atoms with van der Waals surface area (Å²) in [7, 11) is 0. The molecule has 4 heteroatoms. The van der Waals surface area contributed by atoms with Crippen molar-refractivity contribution in [1.82, 2.24) is 9.97 Å². The first-order chi connectivity index (χ1) is 4.72. The second-order valence-corrected chi connectivity index (χ2v) is 2.52. The van der Waals surface area contributed by atoms with Crippen LogP contribution in [0, 0.1) is 0 Å². The zero-order valence-electron chi connectivity index (χ0n) is 6.61. The molecule has 0 spiro atoms. The van der Waals surface area contributed by atoms with Gasteiger partial charge in [-0.15, -0.1) is 12.4 Å². The smallest absolute Gasteiger partial charge is 0.115 e. The van der Waals surface area contributed by atoms with Crippen LogP contribution >= 0.6 is 12.4 Å². The van der Waals surface area contributed by atoms with Gasteiger partial charge in [-0.2, -0.15) is 0 Å². The van der Waals surface area contributed by atoms with Gasteiger partial charge in [0, 0.05) is 0 Å². The maximum atomic E-state index is 5.60. The molecule has 0 radical (unpaired) electrons. The van der Waals surface area contributed by atoms with E-state index in [1.165, 1.54) is 6.33 Å². The van der Waals surface area contributed by atoms with Crippen molar-refractivity contribution in [3.05, 3.63) is 18.2 Å². The molecule has 0 aliphatic carbocycles.